The monoisotopic (exact) mass is 332 g/mol. The molecule has 0 bridgehead atoms. The molecule has 0 spiro atoms. The van der Waals surface area contributed by atoms with Gasteiger partial charge < -0.3 is 14.3 Å². The van der Waals surface area contributed by atoms with Gasteiger partial charge in [-0.15, -0.1) is 0 Å². The van der Waals surface area contributed by atoms with Crippen LogP contribution in [0.2, 0.25) is 0 Å². The Kier molecular flexibility index (Phi) is 5.56. The number of morpholine rings is 1. The van der Waals surface area contributed by atoms with E-state index in [1.54, 1.807) is 0 Å². The number of aliphatic hydroxyl groups is 1. The molecular formula is C19H28N2O3. The molecule has 0 amide bonds. The van der Waals surface area contributed by atoms with E-state index in [1.165, 1.54) is 11.1 Å². The summed E-state index contributed by atoms with van der Waals surface area (Å²) in [4.78, 5) is 4.37. The van der Waals surface area contributed by atoms with Crippen molar-refractivity contribution in [1.29, 1.82) is 0 Å². The second-order valence-corrected chi connectivity index (χ2v) is 6.95. The largest absolute Gasteiger partial charge is 0.460 e. The lowest BCUT2D eigenvalue weighted by molar-refractivity contribution is 0.00795. The van der Waals surface area contributed by atoms with Gasteiger partial charge in [-0.3, -0.25) is 9.80 Å². The summed E-state index contributed by atoms with van der Waals surface area (Å²) in [7, 11) is 2.02. The Hall–Kier alpha value is -1.40. The zero-order valence-electron chi connectivity index (χ0n) is 14.9. The Bertz CT molecular complexity index is 638. The highest BCUT2D eigenvalue weighted by atomic mass is 16.5. The molecule has 5 nitrogen and oxygen atoms in total. The number of nitrogens with zero attached hydrogens (tertiary/aromatic N) is 2. The third kappa shape index (κ3) is 4.36. The van der Waals surface area contributed by atoms with Crippen LogP contribution < -0.4 is 0 Å². The standard InChI is InChI=1S/C19H28N2O3/c1-14-8-16-10-18(24-19(16)9-15(14)2)13-20(3)11-17(22)12-21-4-6-23-7-5-21/h8-10,17,22H,4-7,11-13H2,1-3H3. The maximum atomic E-state index is 10.3. The van der Waals surface area contributed by atoms with Crippen LogP contribution >= 0.6 is 0 Å². The minimum Gasteiger partial charge on any atom is -0.460 e. The molecule has 0 aliphatic carbocycles. The van der Waals surface area contributed by atoms with Gasteiger partial charge in [-0.1, -0.05) is 0 Å². The van der Waals surface area contributed by atoms with E-state index in [2.05, 4.69) is 41.8 Å². The van der Waals surface area contributed by atoms with Crippen molar-refractivity contribution in [2.24, 2.45) is 0 Å². The molecule has 3 rings (SSSR count). The number of ether oxygens (including phenoxy) is 1. The van der Waals surface area contributed by atoms with Crippen LogP contribution in [-0.2, 0) is 11.3 Å². The van der Waals surface area contributed by atoms with Crippen molar-refractivity contribution in [3.63, 3.8) is 0 Å². The first kappa shape index (κ1) is 17.4. The van der Waals surface area contributed by atoms with E-state index in [9.17, 15) is 5.11 Å². The fourth-order valence-electron chi connectivity index (χ4n) is 3.27. The molecule has 2 aromatic rings. The smallest absolute Gasteiger partial charge is 0.134 e. The summed E-state index contributed by atoms with van der Waals surface area (Å²) in [5.41, 5.74) is 3.47. The van der Waals surface area contributed by atoms with Crippen molar-refractivity contribution < 1.29 is 14.3 Å². The molecule has 0 radical (unpaired) electrons. The van der Waals surface area contributed by atoms with Gasteiger partial charge in [-0.25, -0.2) is 0 Å². The number of likely N-dealkylation sites (N-methyl/N-ethyl adjacent to an activating group) is 1. The summed E-state index contributed by atoms with van der Waals surface area (Å²) >= 11 is 0. The molecule has 1 aromatic carbocycles. The lowest BCUT2D eigenvalue weighted by Gasteiger charge is -2.29. The third-order valence-electron chi connectivity index (χ3n) is 4.70. The van der Waals surface area contributed by atoms with Gasteiger partial charge in [-0.05, 0) is 50.2 Å². The van der Waals surface area contributed by atoms with Crippen LogP contribution in [0.1, 0.15) is 16.9 Å². The lowest BCUT2D eigenvalue weighted by Crippen LogP contribution is -2.43. The SMILES string of the molecule is Cc1cc2cc(CN(C)CC(O)CN3CCOCC3)oc2cc1C. The Morgan fingerprint density at radius 1 is 1.17 bits per heavy atom. The fourth-order valence-corrected chi connectivity index (χ4v) is 3.27. The summed E-state index contributed by atoms with van der Waals surface area (Å²) < 4.78 is 11.3. The Labute approximate surface area is 143 Å². The van der Waals surface area contributed by atoms with E-state index >= 15 is 0 Å². The van der Waals surface area contributed by atoms with Gasteiger partial charge in [0.1, 0.15) is 11.3 Å². The van der Waals surface area contributed by atoms with E-state index in [0.717, 1.165) is 43.0 Å². The highest BCUT2D eigenvalue weighted by Crippen LogP contribution is 2.23. The van der Waals surface area contributed by atoms with Crippen LogP contribution in [-0.4, -0.2) is 67.5 Å². The third-order valence-corrected chi connectivity index (χ3v) is 4.70. The zero-order chi connectivity index (χ0) is 17.1. The normalized spacial score (nSPS) is 17.7. The second-order valence-electron chi connectivity index (χ2n) is 6.95. The van der Waals surface area contributed by atoms with Gasteiger partial charge in [0, 0.05) is 31.6 Å². The molecule has 1 aliphatic heterocycles. The highest BCUT2D eigenvalue weighted by molar-refractivity contribution is 5.79. The van der Waals surface area contributed by atoms with Crippen molar-refractivity contribution in [2.45, 2.75) is 26.5 Å². The molecule has 0 saturated carbocycles. The highest BCUT2D eigenvalue weighted by Gasteiger charge is 2.17. The van der Waals surface area contributed by atoms with Crippen molar-refractivity contribution in [2.75, 3.05) is 46.4 Å². The maximum absolute atomic E-state index is 10.3. The topological polar surface area (TPSA) is 49.1 Å². The average Bonchev–Trinajstić information content (AvgIpc) is 2.89. The number of benzene rings is 1. The molecular weight excluding hydrogens is 304 g/mol. The quantitative estimate of drug-likeness (QED) is 0.879. The summed E-state index contributed by atoms with van der Waals surface area (Å²) in [6.07, 6.45) is -0.359. The zero-order valence-corrected chi connectivity index (χ0v) is 14.9. The summed E-state index contributed by atoms with van der Waals surface area (Å²) in [5, 5.41) is 11.5. The molecule has 1 aromatic heterocycles. The molecule has 1 fully saturated rings. The molecule has 1 saturated heterocycles. The summed E-state index contributed by atoms with van der Waals surface area (Å²) in [6, 6.07) is 6.37. The summed E-state index contributed by atoms with van der Waals surface area (Å²) in [6.45, 7) is 9.60. The molecule has 1 atom stereocenters. The summed E-state index contributed by atoms with van der Waals surface area (Å²) in [5.74, 6) is 0.941. The van der Waals surface area contributed by atoms with Gasteiger partial charge in [0.05, 0.1) is 25.9 Å². The van der Waals surface area contributed by atoms with E-state index in [4.69, 9.17) is 9.15 Å². The van der Waals surface area contributed by atoms with E-state index in [-0.39, 0.29) is 6.10 Å². The van der Waals surface area contributed by atoms with Crippen LogP contribution in [0.3, 0.4) is 0 Å². The molecule has 132 valence electrons. The number of rotatable bonds is 6. The van der Waals surface area contributed by atoms with Gasteiger partial charge in [0.2, 0.25) is 0 Å². The minimum absolute atomic E-state index is 0.359. The van der Waals surface area contributed by atoms with Gasteiger partial charge >= 0.3 is 0 Å². The Morgan fingerprint density at radius 3 is 2.62 bits per heavy atom. The molecule has 24 heavy (non-hydrogen) atoms. The first-order valence-corrected chi connectivity index (χ1v) is 8.67. The first-order chi connectivity index (χ1) is 11.5. The average molecular weight is 332 g/mol. The number of hydrogen-bond acceptors (Lipinski definition) is 5. The number of aryl methyl sites for hydroxylation is 2. The van der Waals surface area contributed by atoms with E-state index in [1.807, 2.05) is 7.05 Å². The lowest BCUT2D eigenvalue weighted by atomic mass is 10.1. The predicted molar refractivity (Wildman–Crippen MR) is 95.3 cm³/mol. The maximum Gasteiger partial charge on any atom is 0.134 e. The molecule has 1 unspecified atom stereocenters. The minimum atomic E-state index is -0.359. The molecule has 5 heteroatoms. The van der Waals surface area contributed by atoms with Crippen molar-refractivity contribution in [3.05, 3.63) is 35.1 Å². The number of aliphatic hydroxyl groups excluding tert-OH is 1. The number of fused-ring (bicyclic) bond motifs is 1. The molecule has 1 N–H and O–H groups in total. The van der Waals surface area contributed by atoms with Crippen molar-refractivity contribution >= 4 is 11.0 Å². The van der Waals surface area contributed by atoms with Gasteiger partial charge in [-0.2, -0.15) is 0 Å². The molecule has 2 heterocycles. The fraction of sp³-hybridized carbons (Fsp3) is 0.579. The van der Waals surface area contributed by atoms with Crippen molar-refractivity contribution in [3.8, 4) is 0 Å². The Balaban J connectivity index is 1.55. The van der Waals surface area contributed by atoms with Gasteiger partial charge in [0.25, 0.3) is 0 Å². The van der Waals surface area contributed by atoms with Crippen LogP contribution in [0.4, 0.5) is 0 Å². The predicted octanol–water partition coefficient (Wildman–Crippen LogP) is 2.17. The second kappa shape index (κ2) is 7.66. The number of furan rings is 1. The van der Waals surface area contributed by atoms with Crippen LogP contribution in [0.15, 0.2) is 22.6 Å². The Morgan fingerprint density at radius 2 is 1.88 bits per heavy atom. The van der Waals surface area contributed by atoms with Crippen molar-refractivity contribution in [1.82, 2.24) is 9.80 Å². The first-order valence-electron chi connectivity index (χ1n) is 8.67. The van der Waals surface area contributed by atoms with Crippen LogP contribution in [0.5, 0.6) is 0 Å². The van der Waals surface area contributed by atoms with Gasteiger partial charge in [0.15, 0.2) is 0 Å². The number of hydrogen-bond donors (Lipinski definition) is 1. The van der Waals surface area contributed by atoms with Crippen LogP contribution in [0, 0.1) is 13.8 Å². The van der Waals surface area contributed by atoms with E-state index in [0.29, 0.717) is 19.6 Å². The number of β-amino-alcohol motifs (C(OH)–C–C–N with tert-alkyl or cyclic N) is 1. The molecule has 1 aliphatic rings. The van der Waals surface area contributed by atoms with E-state index < -0.39 is 0 Å². The van der Waals surface area contributed by atoms with Crippen LogP contribution in [0.25, 0.3) is 11.0 Å².